The van der Waals surface area contributed by atoms with Gasteiger partial charge in [-0.3, -0.25) is 14.7 Å². The molecule has 3 N–H and O–H groups in total. The van der Waals surface area contributed by atoms with Crippen molar-refractivity contribution in [3.8, 4) is 0 Å². The van der Waals surface area contributed by atoms with E-state index in [9.17, 15) is 9.59 Å². The fraction of sp³-hybridized carbons (Fsp3) is 0.824. The number of ether oxygens (including phenoxy) is 1. The molecule has 26 heavy (non-hydrogen) atoms. The SMILES string of the molecule is CN=C(NCCN1C(=O)CNC1=O)NCC1CCCOC1C(C)(C)C.I. The van der Waals surface area contributed by atoms with Gasteiger partial charge in [0.15, 0.2) is 5.96 Å². The zero-order valence-corrected chi connectivity index (χ0v) is 18.5. The highest BCUT2D eigenvalue weighted by atomic mass is 127. The molecule has 9 heteroatoms. The maximum absolute atomic E-state index is 11.5. The van der Waals surface area contributed by atoms with Crippen molar-refractivity contribution in [1.82, 2.24) is 20.9 Å². The molecule has 0 saturated carbocycles. The standard InChI is InChI=1S/C17H31N5O3.HI/c1-17(2,3)14-12(6-5-9-25-14)10-20-15(18-4)19-7-8-22-13(23)11-21-16(22)24;/h12,14H,5-11H2,1-4H3,(H,21,24)(H2,18,19,20);1H. The third-order valence-electron chi connectivity index (χ3n) is 4.62. The molecule has 2 aliphatic rings. The average molecular weight is 481 g/mol. The molecular formula is C17H32IN5O3. The highest BCUT2D eigenvalue weighted by Gasteiger charge is 2.35. The van der Waals surface area contributed by atoms with Gasteiger partial charge >= 0.3 is 6.03 Å². The summed E-state index contributed by atoms with van der Waals surface area (Å²) in [5.41, 5.74) is 0.104. The quantitative estimate of drug-likeness (QED) is 0.237. The Hall–Kier alpha value is -1.10. The van der Waals surface area contributed by atoms with Gasteiger partial charge in [0.2, 0.25) is 5.91 Å². The maximum atomic E-state index is 11.5. The Bertz CT molecular complexity index is 505. The predicted molar refractivity (Wildman–Crippen MR) is 112 cm³/mol. The van der Waals surface area contributed by atoms with Crippen LogP contribution in [0.4, 0.5) is 4.79 Å². The predicted octanol–water partition coefficient (Wildman–Crippen LogP) is 1.16. The van der Waals surface area contributed by atoms with Crippen LogP contribution in [-0.4, -0.2) is 68.7 Å². The molecule has 8 nitrogen and oxygen atoms in total. The van der Waals surface area contributed by atoms with Crippen LogP contribution in [0.15, 0.2) is 4.99 Å². The second-order valence-corrected chi connectivity index (χ2v) is 7.64. The fourth-order valence-electron chi connectivity index (χ4n) is 3.43. The van der Waals surface area contributed by atoms with Crippen molar-refractivity contribution in [2.24, 2.45) is 16.3 Å². The molecular weight excluding hydrogens is 449 g/mol. The first-order chi connectivity index (χ1) is 11.8. The monoisotopic (exact) mass is 481 g/mol. The van der Waals surface area contributed by atoms with E-state index in [1.807, 2.05) is 0 Å². The van der Waals surface area contributed by atoms with E-state index in [0.717, 1.165) is 26.0 Å². The van der Waals surface area contributed by atoms with Gasteiger partial charge in [0, 0.05) is 39.2 Å². The molecule has 0 radical (unpaired) electrons. The number of halogens is 1. The second-order valence-electron chi connectivity index (χ2n) is 7.64. The zero-order valence-electron chi connectivity index (χ0n) is 16.1. The number of carbonyl (C=O) groups is 2. The Morgan fingerprint density at radius 2 is 2.08 bits per heavy atom. The van der Waals surface area contributed by atoms with Crippen LogP contribution < -0.4 is 16.0 Å². The number of carbonyl (C=O) groups excluding carboxylic acids is 2. The van der Waals surface area contributed by atoms with E-state index in [1.54, 1.807) is 7.05 Å². The largest absolute Gasteiger partial charge is 0.377 e. The lowest BCUT2D eigenvalue weighted by molar-refractivity contribution is -0.124. The van der Waals surface area contributed by atoms with Gasteiger partial charge in [0.05, 0.1) is 12.6 Å². The molecule has 150 valence electrons. The van der Waals surface area contributed by atoms with Crippen molar-refractivity contribution >= 4 is 41.9 Å². The van der Waals surface area contributed by atoms with Crippen molar-refractivity contribution in [3.63, 3.8) is 0 Å². The van der Waals surface area contributed by atoms with Crippen molar-refractivity contribution in [2.45, 2.75) is 39.7 Å². The zero-order chi connectivity index (χ0) is 18.4. The van der Waals surface area contributed by atoms with Gasteiger partial charge in [-0.2, -0.15) is 0 Å². The summed E-state index contributed by atoms with van der Waals surface area (Å²) in [5.74, 6) is 0.908. The molecule has 2 saturated heterocycles. The third kappa shape index (κ3) is 6.26. The molecule has 0 aliphatic carbocycles. The summed E-state index contributed by atoms with van der Waals surface area (Å²) in [4.78, 5) is 28.5. The number of hydrogen-bond acceptors (Lipinski definition) is 4. The van der Waals surface area contributed by atoms with Crippen LogP contribution in [0, 0.1) is 11.3 Å². The van der Waals surface area contributed by atoms with Gasteiger partial charge in [-0.15, -0.1) is 24.0 Å². The Kier molecular flexibility index (Phi) is 9.08. The van der Waals surface area contributed by atoms with Gasteiger partial charge < -0.3 is 20.7 Å². The minimum atomic E-state index is -0.331. The number of nitrogens with one attached hydrogen (secondary N) is 3. The van der Waals surface area contributed by atoms with Crippen LogP contribution >= 0.6 is 24.0 Å². The van der Waals surface area contributed by atoms with Crippen molar-refractivity contribution in [2.75, 3.05) is 39.8 Å². The number of aliphatic imine (C=N–C) groups is 1. The minimum absolute atomic E-state index is 0. The van der Waals surface area contributed by atoms with E-state index in [2.05, 4.69) is 41.7 Å². The normalized spacial score (nSPS) is 24.2. The van der Waals surface area contributed by atoms with Crippen molar-refractivity contribution in [3.05, 3.63) is 0 Å². The summed E-state index contributed by atoms with van der Waals surface area (Å²) in [5, 5.41) is 9.01. The summed E-state index contributed by atoms with van der Waals surface area (Å²) in [6, 6.07) is -0.331. The molecule has 0 aromatic rings. The smallest absolute Gasteiger partial charge is 0.324 e. The second kappa shape index (κ2) is 10.3. The maximum Gasteiger partial charge on any atom is 0.324 e. The van der Waals surface area contributed by atoms with Crippen LogP contribution in [0.3, 0.4) is 0 Å². The Labute approximate surface area is 172 Å². The van der Waals surface area contributed by atoms with E-state index in [0.29, 0.717) is 25.0 Å². The Morgan fingerprint density at radius 3 is 2.65 bits per heavy atom. The highest BCUT2D eigenvalue weighted by Crippen LogP contribution is 2.33. The Morgan fingerprint density at radius 1 is 1.35 bits per heavy atom. The minimum Gasteiger partial charge on any atom is -0.377 e. The van der Waals surface area contributed by atoms with Gasteiger partial charge in [-0.05, 0) is 18.3 Å². The summed E-state index contributed by atoms with van der Waals surface area (Å²) in [7, 11) is 1.71. The number of rotatable bonds is 5. The first-order valence-corrected chi connectivity index (χ1v) is 8.97. The van der Waals surface area contributed by atoms with Crippen molar-refractivity contribution < 1.29 is 14.3 Å². The third-order valence-corrected chi connectivity index (χ3v) is 4.62. The molecule has 0 aromatic carbocycles. The lowest BCUT2D eigenvalue weighted by Gasteiger charge is -2.40. The van der Waals surface area contributed by atoms with Crippen LogP contribution in [0.25, 0.3) is 0 Å². The molecule has 2 aliphatic heterocycles. The summed E-state index contributed by atoms with van der Waals surface area (Å²) in [6.45, 7) is 9.11. The molecule has 2 rings (SSSR count). The Balaban J connectivity index is 0.00000338. The number of urea groups is 1. The molecule has 2 heterocycles. The number of imide groups is 1. The molecule has 2 unspecified atom stereocenters. The van der Waals surface area contributed by atoms with Crippen molar-refractivity contribution in [1.29, 1.82) is 0 Å². The number of nitrogens with zero attached hydrogens (tertiary/aromatic N) is 2. The number of guanidine groups is 1. The van der Waals surface area contributed by atoms with Crippen LogP contribution in [0.1, 0.15) is 33.6 Å². The lowest BCUT2D eigenvalue weighted by atomic mass is 9.78. The van der Waals surface area contributed by atoms with Gasteiger partial charge in [0.1, 0.15) is 0 Å². The van der Waals surface area contributed by atoms with Gasteiger partial charge in [0.25, 0.3) is 0 Å². The fourth-order valence-corrected chi connectivity index (χ4v) is 3.43. The molecule has 0 spiro atoms. The molecule has 0 aromatic heterocycles. The molecule has 0 bridgehead atoms. The number of amides is 3. The first kappa shape index (κ1) is 22.9. The summed E-state index contributed by atoms with van der Waals surface area (Å²) < 4.78 is 6.00. The van der Waals surface area contributed by atoms with Crippen LogP contribution in [0.2, 0.25) is 0 Å². The van der Waals surface area contributed by atoms with Gasteiger partial charge in [-0.25, -0.2) is 4.79 Å². The van der Waals surface area contributed by atoms with E-state index in [4.69, 9.17) is 4.74 Å². The summed E-state index contributed by atoms with van der Waals surface area (Å²) in [6.07, 6.45) is 2.43. The summed E-state index contributed by atoms with van der Waals surface area (Å²) >= 11 is 0. The van der Waals surface area contributed by atoms with E-state index in [1.165, 1.54) is 4.90 Å². The van der Waals surface area contributed by atoms with Gasteiger partial charge in [-0.1, -0.05) is 20.8 Å². The first-order valence-electron chi connectivity index (χ1n) is 8.97. The molecule has 2 fully saturated rings. The van der Waals surface area contributed by atoms with Crippen LogP contribution in [0.5, 0.6) is 0 Å². The highest BCUT2D eigenvalue weighted by molar-refractivity contribution is 14.0. The van der Waals surface area contributed by atoms with E-state index >= 15 is 0 Å². The number of hydrogen-bond donors (Lipinski definition) is 3. The van der Waals surface area contributed by atoms with Crippen LogP contribution in [-0.2, 0) is 9.53 Å². The topological polar surface area (TPSA) is 95.1 Å². The van der Waals surface area contributed by atoms with E-state index in [-0.39, 0.29) is 54.0 Å². The molecule has 3 amide bonds. The van der Waals surface area contributed by atoms with E-state index < -0.39 is 0 Å². The molecule has 2 atom stereocenters. The average Bonchev–Trinajstić information content (AvgIpc) is 2.89. The lowest BCUT2D eigenvalue weighted by Crippen LogP contribution is -2.48.